The smallest absolute Gasteiger partial charge is 0.264 e. The molecular formula is C15H20N2O3. The van der Waals surface area contributed by atoms with Crippen LogP contribution in [0.5, 0.6) is 11.5 Å². The van der Waals surface area contributed by atoms with Gasteiger partial charge in [-0.1, -0.05) is 12.1 Å². The minimum absolute atomic E-state index is 0.106. The first-order valence-electron chi connectivity index (χ1n) is 7.22. The van der Waals surface area contributed by atoms with Crippen molar-refractivity contribution in [3.63, 3.8) is 0 Å². The van der Waals surface area contributed by atoms with E-state index in [1.54, 1.807) is 0 Å². The molecule has 0 bridgehead atoms. The first kappa shape index (κ1) is 13.2. The molecule has 0 spiro atoms. The van der Waals surface area contributed by atoms with Gasteiger partial charge in [-0.15, -0.1) is 0 Å². The maximum absolute atomic E-state index is 12.0. The second kappa shape index (κ2) is 6.13. The Morgan fingerprint density at radius 1 is 1.20 bits per heavy atom. The summed E-state index contributed by atoms with van der Waals surface area (Å²) in [5.74, 6) is 1.23. The van der Waals surface area contributed by atoms with Gasteiger partial charge in [-0.3, -0.25) is 4.79 Å². The third-order valence-corrected chi connectivity index (χ3v) is 3.46. The Bertz CT molecular complexity index is 474. The van der Waals surface area contributed by atoms with Gasteiger partial charge in [0.1, 0.15) is 6.61 Å². The summed E-state index contributed by atoms with van der Waals surface area (Å²) in [5.41, 5.74) is 0. The molecule has 1 heterocycles. The van der Waals surface area contributed by atoms with E-state index in [0.717, 1.165) is 19.0 Å². The molecule has 2 N–H and O–H groups in total. The van der Waals surface area contributed by atoms with Gasteiger partial charge in [0.05, 0.1) is 0 Å². The number of fused-ring (bicyclic) bond motifs is 1. The number of carbonyl (C=O) groups excluding carboxylic acids is 1. The molecule has 1 saturated carbocycles. The molecule has 2 aliphatic rings. The normalized spacial score (nSPS) is 20.5. The molecule has 1 aliphatic carbocycles. The molecule has 1 unspecified atom stereocenters. The highest BCUT2D eigenvalue weighted by atomic mass is 16.6. The Balaban J connectivity index is 1.39. The molecule has 1 aromatic carbocycles. The minimum Gasteiger partial charge on any atom is -0.485 e. The highest BCUT2D eigenvalue weighted by molar-refractivity contribution is 5.81. The predicted octanol–water partition coefficient (Wildman–Crippen LogP) is 1.08. The van der Waals surface area contributed by atoms with Crippen molar-refractivity contribution in [2.24, 2.45) is 0 Å². The fourth-order valence-electron chi connectivity index (χ4n) is 2.16. The maximum Gasteiger partial charge on any atom is 0.264 e. The number of benzene rings is 1. The van der Waals surface area contributed by atoms with Crippen molar-refractivity contribution in [2.75, 3.05) is 19.7 Å². The molecule has 0 aromatic heterocycles. The lowest BCUT2D eigenvalue weighted by molar-refractivity contribution is -0.130. The average molecular weight is 276 g/mol. The number of rotatable bonds is 6. The van der Waals surface area contributed by atoms with Crippen LogP contribution >= 0.6 is 0 Å². The van der Waals surface area contributed by atoms with Crippen LogP contribution in [0, 0.1) is 0 Å². The molecule has 108 valence electrons. The Hall–Kier alpha value is -1.75. The molecule has 1 aromatic rings. The second-order valence-corrected chi connectivity index (χ2v) is 5.24. The summed E-state index contributed by atoms with van der Waals surface area (Å²) in [6, 6.07) is 8.13. The largest absolute Gasteiger partial charge is 0.485 e. The molecule has 1 fully saturated rings. The van der Waals surface area contributed by atoms with Gasteiger partial charge in [-0.2, -0.15) is 0 Å². The fraction of sp³-hybridized carbons (Fsp3) is 0.533. The van der Waals surface area contributed by atoms with E-state index in [0.29, 0.717) is 18.0 Å². The Kier molecular flexibility index (Phi) is 4.06. The summed E-state index contributed by atoms with van der Waals surface area (Å²) in [6.45, 7) is 1.89. The lowest BCUT2D eigenvalue weighted by Crippen LogP contribution is -2.44. The fourth-order valence-corrected chi connectivity index (χ4v) is 2.16. The van der Waals surface area contributed by atoms with Crippen LogP contribution in [-0.2, 0) is 4.79 Å². The van der Waals surface area contributed by atoms with Crippen LogP contribution in [0.25, 0.3) is 0 Å². The monoisotopic (exact) mass is 276 g/mol. The number of ether oxygens (including phenoxy) is 2. The van der Waals surface area contributed by atoms with Crippen molar-refractivity contribution >= 4 is 5.91 Å². The molecule has 0 saturated heterocycles. The van der Waals surface area contributed by atoms with Crippen LogP contribution in [0.3, 0.4) is 0 Å². The average Bonchev–Trinajstić information content (AvgIpc) is 3.30. The minimum atomic E-state index is -0.554. The topological polar surface area (TPSA) is 59.6 Å². The van der Waals surface area contributed by atoms with E-state index in [9.17, 15) is 4.79 Å². The number of carbonyl (C=O) groups is 1. The van der Waals surface area contributed by atoms with Gasteiger partial charge in [0.2, 0.25) is 6.10 Å². The van der Waals surface area contributed by atoms with Crippen LogP contribution in [0.4, 0.5) is 0 Å². The van der Waals surface area contributed by atoms with Gasteiger partial charge in [0, 0.05) is 12.6 Å². The van der Waals surface area contributed by atoms with E-state index in [2.05, 4.69) is 10.6 Å². The van der Waals surface area contributed by atoms with E-state index in [4.69, 9.17) is 9.47 Å². The summed E-state index contributed by atoms with van der Waals surface area (Å²) in [4.78, 5) is 12.0. The third-order valence-electron chi connectivity index (χ3n) is 3.46. The van der Waals surface area contributed by atoms with Gasteiger partial charge in [0.15, 0.2) is 11.5 Å². The Morgan fingerprint density at radius 2 is 2.00 bits per heavy atom. The van der Waals surface area contributed by atoms with Crippen molar-refractivity contribution in [3.8, 4) is 11.5 Å². The first-order valence-corrected chi connectivity index (χ1v) is 7.22. The Labute approximate surface area is 118 Å². The summed E-state index contributed by atoms with van der Waals surface area (Å²) in [6.07, 6.45) is 2.96. The zero-order chi connectivity index (χ0) is 13.8. The first-order chi connectivity index (χ1) is 9.83. The predicted molar refractivity (Wildman–Crippen MR) is 75.0 cm³/mol. The van der Waals surface area contributed by atoms with Gasteiger partial charge in [-0.25, -0.2) is 0 Å². The number of para-hydroxylation sites is 2. The highest BCUT2D eigenvalue weighted by Gasteiger charge is 2.26. The molecule has 1 aliphatic heterocycles. The van der Waals surface area contributed by atoms with E-state index in [1.807, 2.05) is 24.3 Å². The third kappa shape index (κ3) is 3.42. The van der Waals surface area contributed by atoms with E-state index in [-0.39, 0.29) is 12.5 Å². The molecule has 3 rings (SSSR count). The van der Waals surface area contributed by atoms with Gasteiger partial charge >= 0.3 is 0 Å². The van der Waals surface area contributed by atoms with Crippen LogP contribution in [0.15, 0.2) is 24.3 Å². The van der Waals surface area contributed by atoms with Crippen molar-refractivity contribution in [1.82, 2.24) is 10.6 Å². The quantitative estimate of drug-likeness (QED) is 0.764. The van der Waals surface area contributed by atoms with Gasteiger partial charge in [0.25, 0.3) is 5.91 Å². The molecule has 20 heavy (non-hydrogen) atoms. The van der Waals surface area contributed by atoms with Crippen molar-refractivity contribution in [3.05, 3.63) is 24.3 Å². The second-order valence-electron chi connectivity index (χ2n) is 5.24. The molecule has 1 atom stereocenters. The van der Waals surface area contributed by atoms with Crippen molar-refractivity contribution in [1.29, 1.82) is 0 Å². The number of nitrogens with one attached hydrogen (secondary N) is 2. The van der Waals surface area contributed by atoms with Gasteiger partial charge < -0.3 is 20.1 Å². The standard InChI is InChI=1S/C15H20N2O3/c18-15(17-9-3-8-16-11-6-7-11)14-10-19-12-4-1-2-5-13(12)20-14/h1-2,4-5,11,14,16H,3,6-10H2,(H,17,18). The zero-order valence-electron chi connectivity index (χ0n) is 11.4. The van der Waals surface area contributed by atoms with Crippen LogP contribution in [0.2, 0.25) is 0 Å². The number of hydrogen-bond donors (Lipinski definition) is 2. The highest BCUT2D eigenvalue weighted by Crippen LogP contribution is 2.30. The van der Waals surface area contributed by atoms with E-state index < -0.39 is 6.10 Å². The lowest BCUT2D eigenvalue weighted by atomic mass is 10.2. The summed E-state index contributed by atoms with van der Waals surface area (Å²) in [5, 5.41) is 6.31. The summed E-state index contributed by atoms with van der Waals surface area (Å²) < 4.78 is 11.2. The number of hydrogen-bond acceptors (Lipinski definition) is 4. The summed E-state index contributed by atoms with van der Waals surface area (Å²) in [7, 11) is 0. The maximum atomic E-state index is 12.0. The lowest BCUT2D eigenvalue weighted by Gasteiger charge is -2.25. The van der Waals surface area contributed by atoms with Crippen molar-refractivity contribution < 1.29 is 14.3 Å². The molecule has 5 nitrogen and oxygen atoms in total. The molecule has 1 amide bonds. The van der Waals surface area contributed by atoms with E-state index in [1.165, 1.54) is 12.8 Å². The van der Waals surface area contributed by atoms with Crippen LogP contribution in [-0.4, -0.2) is 37.7 Å². The number of amides is 1. The van der Waals surface area contributed by atoms with E-state index >= 15 is 0 Å². The van der Waals surface area contributed by atoms with Crippen molar-refractivity contribution in [2.45, 2.75) is 31.4 Å². The molecule has 5 heteroatoms. The zero-order valence-corrected chi connectivity index (χ0v) is 11.4. The van der Waals surface area contributed by atoms with Crippen LogP contribution in [0.1, 0.15) is 19.3 Å². The molecular weight excluding hydrogens is 256 g/mol. The van der Waals surface area contributed by atoms with Gasteiger partial charge in [-0.05, 0) is 37.9 Å². The summed E-state index contributed by atoms with van der Waals surface area (Å²) >= 11 is 0. The SMILES string of the molecule is O=C(NCCCNC1CC1)C1COc2ccccc2O1. The molecule has 0 radical (unpaired) electrons. The Morgan fingerprint density at radius 3 is 2.80 bits per heavy atom. The van der Waals surface area contributed by atoms with Crippen LogP contribution < -0.4 is 20.1 Å².